The zero-order valence-corrected chi connectivity index (χ0v) is 7.42. The first kappa shape index (κ1) is 7.39. The van der Waals surface area contributed by atoms with Crippen LogP contribution in [0.3, 0.4) is 0 Å². The van der Waals surface area contributed by atoms with Gasteiger partial charge in [-0.3, -0.25) is 0 Å². The highest BCUT2D eigenvalue weighted by molar-refractivity contribution is 4.98. The van der Waals surface area contributed by atoms with Crippen molar-refractivity contribution in [3.8, 4) is 0 Å². The van der Waals surface area contributed by atoms with Gasteiger partial charge < -0.3 is 0 Å². The average molecular weight is 150 g/mol. The maximum atomic E-state index is 2.48. The van der Waals surface area contributed by atoms with Crippen LogP contribution < -0.4 is 0 Å². The van der Waals surface area contributed by atoms with Crippen molar-refractivity contribution in [2.75, 3.05) is 0 Å². The largest absolute Gasteiger partial charge is 0.0854 e. The van der Waals surface area contributed by atoms with Crippen LogP contribution in [0.15, 0.2) is 12.2 Å². The molecule has 0 heteroatoms. The highest BCUT2D eigenvalue weighted by atomic mass is 14.3. The lowest BCUT2D eigenvalue weighted by Crippen LogP contribution is -2.13. The molecule has 2 bridgehead atoms. The first-order valence-electron chi connectivity index (χ1n) is 5.03. The maximum Gasteiger partial charge on any atom is -0.0231 e. The Balaban J connectivity index is 2.08. The van der Waals surface area contributed by atoms with E-state index < -0.39 is 0 Å². The highest BCUT2D eigenvalue weighted by Crippen LogP contribution is 2.36. The van der Waals surface area contributed by atoms with E-state index in [1.165, 1.54) is 32.1 Å². The summed E-state index contributed by atoms with van der Waals surface area (Å²) in [4.78, 5) is 0. The van der Waals surface area contributed by atoms with Crippen molar-refractivity contribution in [1.82, 2.24) is 0 Å². The molecule has 11 heavy (non-hydrogen) atoms. The molecule has 1 saturated carbocycles. The van der Waals surface area contributed by atoms with Gasteiger partial charge in [0.1, 0.15) is 0 Å². The molecule has 2 aliphatic rings. The van der Waals surface area contributed by atoms with Gasteiger partial charge in [-0.15, -0.1) is 0 Å². The fourth-order valence-electron chi connectivity index (χ4n) is 2.67. The van der Waals surface area contributed by atoms with Gasteiger partial charge in [-0.25, -0.2) is 0 Å². The predicted molar refractivity (Wildman–Crippen MR) is 48.4 cm³/mol. The van der Waals surface area contributed by atoms with Gasteiger partial charge in [-0.2, -0.15) is 0 Å². The third-order valence-corrected chi connectivity index (χ3v) is 3.24. The van der Waals surface area contributed by atoms with Gasteiger partial charge in [-0.1, -0.05) is 31.9 Å². The molecule has 0 N–H and O–H groups in total. The van der Waals surface area contributed by atoms with Gasteiger partial charge in [-0.05, 0) is 37.0 Å². The molecular formula is C11H18. The second-order valence-corrected chi connectivity index (χ2v) is 4.39. The SMILES string of the molecule is CC1C=CC2CCCC(C1)C2. The van der Waals surface area contributed by atoms with E-state index in [9.17, 15) is 0 Å². The van der Waals surface area contributed by atoms with Crippen molar-refractivity contribution in [3.63, 3.8) is 0 Å². The summed E-state index contributed by atoms with van der Waals surface area (Å²) in [5, 5.41) is 0. The summed E-state index contributed by atoms with van der Waals surface area (Å²) in [5.41, 5.74) is 0. The van der Waals surface area contributed by atoms with Crippen molar-refractivity contribution in [1.29, 1.82) is 0 Å². The lowest BCUT2D eigenvalue weighted by molar-refractivity contribution is 0.284. The molecule has 2 rings (SSSR count). The first-order chi connectivity index (χ1) is 5.34. The lowest BCUT2D eigenvalue weighted by atomic mass is 9.80. The Labute approximate surface area is 69.7 Å². The van der Waals surface area contributed by atoms with Crippen LogP contribution in [0.4, 0.5) is 0 Å². The summed E-state index contributed by atoms with van der Waals surface area (Å²) in [6, 6.07) is 0. The number of hydrogen-bond donors (Lipinski definition) is 0. The van der Waals surface area contributed by atoms with Gasteiger partial charge in [0.25, 0.3) is 0 Å². The average Bonchev–Trinajstić information content (AvgIpc) is 2.12. The standard InChI is InChI=1S/C11H18/c1-9-5-6-10-3-2-4-11(7-9)8-10/h5-6,9-11H,2-4,7-8H2,1H3. The van der Waals surface area contributed by atoms with Crippen molar-refractivity contribution in [2.45, 2.75) is 39.0 Å². The van der Waals surface area contributed by atoms with Crippen LogP contribution in [0.25, 0.3) is 0 Å². The topological polar surface area (TPSA) is 0 Å². The quantitative estimate of drug-likeness (QED) is 0.464. The predicted octanol–water partition coefficient (Wildman–Crippen LogP) is 3.39. The second kappa shape index (κ2) is 3.00. The molecule has 0 nitrogen and oxygen atoms in total. The highest BCUT2D eigenvalue weighted by Gasteiger charge is 2.23. The van der Waals surface area contributed by atoms with E-state index >= 15 is 0 Å². The van der Waals surface area contributed by atoms with Crippen LogP contribution in [0.2, 0.25) is 0 Å². The van der Waals surface area contributed by atoms with Gasteiger partial charge in [0.05, 0.1) is 0 Å². The number of hydrogen-bond acceptors (Lipinski definition) is 0. The van der Waals surface area contributed by atoms with Gasteiger partial charge in [0.15, 0.2) is 0 Å². The van der Waals surface area contributed by atoms with Crippen molar-refractivity contribution in [3.05, 3.63) is 12.2 Å². The molecule has 0 heterocycles. The molecule has 0 spiro atoms. The van der Waals surface area contributed by atoms with Crippen LogP contribution in [-0.4, -0.2) is 0 Å². The Morgan fingerprint density at radius 2 is 2.00 bits per heavy atom. The molecule has 0 radical (unpaired) electrons. The first-order valence-corrected chi connectivity index (χ1v) is 5.03. The molecule has 0 aliphatic heterocycles. The fourth-order valence-corrected chi connectivity index (χ4v) is 2.67. The van der Waals surface area contributed by atoms with Crippen LogP contribution in [0.1, 0.15) is 39.0 Å². The summed E-state index contributed by atoms with van der Waals surface area (Å²) in [6.07, 6.45) is 12.3. The molecule has 0 amide bonds. The van der Waals surface area contributed by atoms with Crippen LogP contribution in [0.5, 0.6) is 0 Å². The van der Waals surface area contributed by atoms with E-state index in [1.807, 2.05) is 0 Å². The summed E-state index contributed by atoms with van der Waals surface area (Å²) < 4.78 is 0. The molecule has 3 unspecified atom stereocenters. The minimum atomic E-state index is 0.850. The summed E-state index contributed by atoms with van der Waals surface area (Å²) >= 11 is 0. The monoisotopic (exact) mass is 150 g/mol. The van der Waals surface area contributed by atoms with Crippen LogP contribution in [0, 0.1) is 17.8 Å². The lowest BCUT2D eigenvalue weighted by Gasteiger charge is -2.25. The number of fused-ring (bicyclic) bond motifs is 2. The molecule has 0 saturated heterocycles. The minimum Gasteiger partial charge on any atom is -0.0854 e. The second-order valence-electron chi connectivity index (χ2n) is 4.39. The molecule has 2 aliphatic carbocycles. The van der Waals surface area contributed by atoms with Crippen molar-refractivity contribution in [2.24, 2.45) is 17.8 Å². The van der Waals surface area contributed by atoms with Gasteiger partial charge in [0, 0.05) is 0 Å². The van der Waals surface area contributed by atoms with Crippen LogP contribution in [-0.2, 0) is 0 Å². The van der Waals surface area contributed by atoms with Gasteiger partial charge in [0.2, 0.25) is 0 Å². The molecule has 0 aromatic carbocycles. The summed E-state index contributed by atoms with van der Waals surface area (Å²) in [5.74, 6) is 2.85. The smallest absolute Gasteiger partial charge is 0.0231 e. The van der Waals surface area contributed by atoms with E-state index in [4.69, 9.17) is 0 Å². The third-order valence-electron chi connectivity index (χ3n) is 3.24. The zero-order valence-electron chi connectivity index (χ0n) is 7.42. The molecule has 0 aromatic rings. The maximum absolute atomic E-state index is 2.48. The number of allylic oxidation sites excluding steroid dienone is 2. The fraction of sp³-hybridized carbons (Fsp3) is 0.818. The minimum absolute atomic E-state index is 0.850. The third kappa shape index (κ3) is 1.66. The Hall–Kier alpha value is -0.260. The Kier molecular flexibility index (Phi) is 2.02. The van der Waals surface area contributed by atoms with E-state index in [-0.39, 0.29) is 0 Å². The number of rotatable bonds is 0. The van der Waals surface area contributed by atoms with E-state index in [0.29, 0.717) is 0 Å². The van der Waals surface area contributed by atoms with Crippen LogP contribution >= 0.6 is 0 Å². The normalized spacial score (nSPS) is 43.5. The molecule has 3 atom stereocenters. The zero-order chi connectivity index (χ0) is 7.68. The molecule has 1 fully saturated rings. The Bertz CT molecular complexity index is 155. The molecular weight excluding hydrogens is 132 g/mol. The molecule has 62 valence electrons. The van der Waals surface area contributed by atoms with E-state index in [2.05, 4.69) is 19.1 Å². The summed E-state index contributed by atoms with van der Waals surface area (Å²) in [6.45, 7) is 2.36. The van der Waals surface area contributed by atoms with Crippen molar-refractivity contribution >= 4 is 0 Å². The Morgan fingerprint density at radius 1 is 1.09 bits per heavy atom. The van der Waals surface area contributed by atoms with Gasteiger partial charge >= 0.3 is 0 Å². The van der Waals surface area contributed by atoms with Crippen molar-refractivity contribution < 1.29 is 0 Å². The van der Waals surface area contributed by atoms with E-state index in [0.717, 1.165) is 17.8 Å². The summed E-state index contributed by atoms with van der Waals surface area (Å²) in [7, 11) is 0. The Morgan fingerprint density at radius 3 is 2.91 bits per heavy atom. The van der Waals surface area contributed by atoms with E-state index in [1.54, 1.807) is 0 Å². The molecule has 0 aromatic heterocycles.